The lowest BCUT2D eigenvalue weighted by atomic mass is 10.1. The van der Waals surface area contributed by atoms with Gasteiger partial charge in [0.1, 0.15) is 5.82 Å². The van der Waals surface area contributed by atoms with Gasteiger partial charge in [-0.2, -0.15) is 0 Å². The lowest BCUT2D eigenvalue weighted by Crippen LogP contribution is -2.39. The highest BCUT2D eigenvalue weighted by Gasteiger charge is 2.13. The highest BCUT2D eigenvalue weighted by Crippen LogP contribution is 2.12. The van der Waals surface area contributed by atoms with Crippen molar-refractivity contribution >= 4 is 12.0 Å². The largest absolute Gasteiger partial charge is 0.479 e. The molecular formula is C13H17FN2O4. The highest BCUT2D eigenvalue weighted by atomic mass is 19.1. The van der Waals surface area contributed by atoms with Crippen LogP contribution in [0.5, 0.6) is 0 Å². The van der Waals surface area contributed by atoms with Crippen molar-refractivity contribution < 1.29 is 24.2 Å². The van der Waals surface area contributed by atoms with Crippen molar-refractivity contribution in [1.82, 2.24) is 10.6 Å². The van der Waals surface area contributed by atoms with Gasteiger partial charge in [-0.05, 0) is 24.6 Å². The predicted octanol–water partition coefficient (Wildman–Crippen LogP) is 1.02. The normalized spacial score (nSPS) is 13.3. The molecule has 110 valence electrons. The summed E-state index contributed by atoms with van der Waals surface area (Å²) in [6, 6.07) is 4.92. The van der Waals surface area contributed by atoms with Crippen molar-refractivity contribution in [2.45, 2.75) is 25.5 Å². The van der Waals surface area contributed by atoms with E-state index in [-0.39, 0.29) is 24.8 Å². The van der Waals surface area contributed by atoms with Crippen molar-refractivity contribution in [3.05, 3.63) is 35.6 Å². The number of aliphatic hydroxyl groups excluding tert-OH is 1. The number of aliphatic carboxylic acids is 1. The van der Waals surface area contributed by atoms with Gasteiger partial charge < -0.3 is 20.8 Å². The van der Waals surface area contributed by atoms with Crippen molar-refractivity contribution in [2.24, 2.45) is 0 Å². The molecule has 2 unspecified atom stereocenters. The Hall–Kier alpha value is -2.15. The third-order valence-corrected chi connectivity index (χ3v) is 2.71. The van der Waals surface area contributed by atoms with Gasteiger partial charge in [-0.1, -0.05) is 12.1 Å². The smallest absolute Gasteiger partial charge is 0.332 e. The standard InChI is InChI=1S/C13H17FN2O4/c1-8(9-2-4-10(14)5-3-9)16-13(20)15-7-6-11(17)12(18)19/h2-5,8,11,17H,6-7H2,1H3,(H,18,19)(H2,15,16,20). The third-order valence-electron chi connectivity index (χ3n) is 2.71. The zero-order valence-electron chi connectivity index (χ0n) is 11.0. The quantitative estimate of drug-likeness (QED) is 0.627. The average molecular weight is 284 g/mol. The summed E-state index contributed by atoms with van der Waals surface area (Å²) in [5.41, 5.74) is 0.743. The van der Waals surface area contributed by atoms with Crippen LogP contribution in [0, 0.1) is 5.82 Å². The molecule has 0 bridgehead atoms. The molecule has 0 radical (unpaired) electrons. The molecule has 20 heavy (non-hydrogen) atoms. The number of carboxylic acid groups (broad SMARTS) is 1. The minimum atomic E-state index is -1.50. The number of carbonyl (C=O) groups is 2. The molecule has 1 rings (SSSR count). The van der Waals surface area contributed by atoms with Crippen molar-refractivity contribution in [1.29, 1.82) is 0 Å². The van der Waals surface area contributed by atoms with Crippen LogP contribution in [0.4, 0.5) is 9.18 Å². The molecule has 4 N–H and O–H groups in total. The molecule has 1 aromatic carbocycles. The van der Waals surface area contributed by atoms with E-state index in [2.05, 4.69) is 10.6 Å². The third kappa shape index (κ3) is 5.23. The van der Waals surface area contributed by atoms with E-state index in [0.29, 0.717) is 0 Å². The number of nitrogens with one attached hydrogen (secondary N) is 2. The Morgan fingerprint density at radius 2 is 1.90 bits per heavy atom. The summed E-state index contributed by atoms with van der Waals surface area (Å²) in [7, 11) is 0. The maximum atomic E-state index is 12.7. The van der Waals surface area contributed by atoms with Crippen LogP contribution in [-0.2, 0) is 4.79 Å². The number of hydrogen-bond acceptors (Lipinski definition) is 3. The first-order chi connectivity index (χ1) is 9.40. The molecule has 0 saturated carbocycles. The molecule has 1 aromatic rings. The van der Waals surface area contributed by atoms with Crippen LogP contribution in [0.25, 0.3) is 0 Å². The Bertz CT molecular complexity index is 464. The first-order valence-corrected chi connectivity index (χ1v) is 6.11. The van der Waals surface area contributed by atoms with E-state index in [4.69, 9.17) is 10.2 Å². The van der Waals surface area contributed by atoms with Crippen LogP contribution in [0.3, 0.4) is 0 Å². The minimum absolute atomic E-state index is 0.0371. The van der Waals surface area contributed by atoms with Gasteiger partial charge >= 0.3 is 12.0 Å². The van der Waals surface area contributed by atoms with E-state index >= 15 is 0 Å². The summed E-state index contributed by atoms with van der Waals surface area (Å²) in [6.07, 6.45) is -1.57. The molecule has 0 saturated heterocycles. The second kappa shape index (κ2) is 7.44. The SMILES string of the molecule is CC(NC(=O)NCCC(O)C(=O)O)c1ccc(F)cc1. The molecule has 6 nitrogen and oxygen atoms in total. The van der Waals surface area contributed by atoms with Crippen LogP contribution < -0.4 is 10.6 Å². The maximum absolute atomic E-state index is 12.7. The minimum Gasteiger partial charge on any atom is -0.479 e. The van der Waals surface area contributed by atoms with Crippen molar-refractivity contribution in [3.63, 3.8) is 0 Å². The van der Waals surface area contributed by atoms with Crippen molar-refractivity contribution in [3.8, 4) is 0 Å². The number of halogens is 1. The molecule has 0 heterocycles. The van der Waals surface area contributed by atoms with Crippen LogP contribution >= 0.6 is 0 Å². The van der Waals surface area contributed by atoms with Gasteiger partial charge in [0.25, 0.3) is 0 Å². The summed E-state index contributed by atoms with van der Waals surface area (Å²) < 4.78 is 12.7. The lowest BCUT2D eigenvalue weighted by Gasteiger charge is -2.15. The first kappa shape index (κ1) is 15.9. The molecule has 0 aromatic heterocycles. The second-order valence-corrected chi connectivity index (χ2v) is 4.32. The Kier molecular flexibility index (Phi) is 5.92. The van der Waals surface area contributed by atoms with Crippen molar-refractivity contribution in [2.75, 3.05) is 6.54 Å². The topological polar surface area (TPSA) is 98.7 Å². The summed E-state index contributed by atoms with van der Waals surface area (Å²) in [6.45, 7) is 1.77. The predicted molar refractivity (Wildman–Crippen MR) is 69.6 cm³/mol. The molecule has 0 aliphatic rings. The Labute approximate surface area is 115 Å². The molecule has 7 heteroatoms. The number of benzene rings is 1. The van der Waals surface area contributed by atoms with E-state index in [1.165, 1.54) is 12.1 Å². The fraction of sp³-hybridized carbons (Fsp3) is 0.385. The zero-order valence-corrected chi connectivity index (χ0v) is 11.0. The number of aliphatic hydroxyl groups is 1. The molecule has 0 spiro atoms. The summed E-state index contributed by atoms with van der Waals surface area (Å²) in [5.74, 6) is -1.68. The molecular weight excluding hydrogens is 267 g/mol. The number of carbonyl (C=O) groups excluding carboxylic acids is 1. The Morgan fingerprint density at radius 1 is 1.30 bits per heavy atom. The number of amides is 2. The number of rotatable bonds is 6. The van der Waals surface area contributed by atoms with Gasteiger partial charge in [0.05, 0.1) is 6.04 Å². The van der Waals surface area contributed by atoms with E-state index in [0.717, 1.165) is 5.56 Å². The summed E-state index contributed by atoms with van der Waals surface area (Å²) >= 11 is 0. The molecule has 0 aliphatic carbocycles. The van der Waals surface area contributed by atoms with E-state index in [9.17, 15) is 14.0 Å². The van der Waals surface area contributed by atoms with Gasteiger partial charge in [0, 0.05) is 13.0 Å². The number of hydrogen-bond donors (Lipinski definition) is 4. The second-order valence-electron chi connectivity index (χ2n) is 4.32. The lowest BCUT2D eigenvalue weighted by molar-refractivity contribution is -0.146. The number of carboxylic acids is 1. The van der Waals surface area contributed by atoms with Crippen LogP contribution in [0.15, 0.2) is 24.3 Å². The number of urea groups is 1. The van der Waals surface area contributed by atoms with Gasteiger partial charge in [-0.25, -0.2) is 14.0 Å². The van der Waals surface area contributed by atoms with Gasteiger partial charge in [-0.3, -0.25) is 0 Å². The Morgan fingerprint density at radius 3 is 2.45 bits per heavy atom. The van der Waals surface area contributed by atoms with Crippen LogP contribution in [0.1, 0.15) is 24.9 Å². The Balaban J connectivity index is 2.35. The van der Waals surface area contributed by atoms with Crippen LogP contribution in [-0.4, -0.2) is 34.9 Å². The molecule has 0 aliphatic heterocycles. The first-order valence-electron chi connectivity index (χ1n) is 6.11. The van der Waals surface area contributed by atoms with E-state index < -0.39 is 18.1 Å². The molecule has 2 amide bonds. The van der Waals surface area contributed by atoms with Gasteiger partial charge in [0.2, 0.25) is 0 Å². The average Bonchev–Trinajstić information content (AvgIpc) is 2.39. The summed E-state index contributed by atoms with van der Waals surface area (Å²) in [5, 5.41) is 22.5. The maximum Gasteiger partial charge on any atom is 0.332 e. The summed E-state index contributed by atoms with van der Waals surface area (Å²) in [4.78, 5) is 21.9. The van der Waals surface area contributed by atoms with Gasteiger partial charge in [0.15, 0.2) is 6.10 Å². The fourth-order valence-corrected chi connectivity index (χ4v) is 1.53. The monoisotopic (exact) mass is 284 g/mol. The van der Waals surface area contributed by atoms with E-state index in [1.54, 1.807) is 19.1 Å². The fourth-order valence-electron chi connectivity index (χ4n) is 1.53. The molecule has 0 fully saturated rings. The van der Waals surface area contributed by atoms with Gasteiger partial charge in [-0.15, -0.1) is 0 Å². The van der Waals surface area contributed by atoms with Crippen LogP contribution in [0.2, 0.25) is 0 Å². The van der Waals surface area contributed by atoms with E-state index in [1.807, 2.05) is 0 Å². The zero-order chi connectivity index (χ0) is 15.1. The highest BCUT2D eigenvalue weighted by molar-refractivity contribution is 5.75. The molecule has 2 atom stereocenters.